The number of carbonyl (C=O) groups is 1. The highest BCUT2D eigenvalue weighted by molar-refractivity contribution is 7.99. The number of nitrogens with one attached hydrogen (secondary N) is 1. The van der Waals surface area contributed by atoms with E-state index >= 15 is 0 Å². The molecule has 0 saturated heterocycles. The predicted octanol–water partition coefficient (Wildman–Crippen LogP) is 4.61. The van der Waals surface area contributed by atoms with E-state index in [1.807, 2.05) is 38.1 Å². The van der Waals surface area contributed by atoms with Gasteiger partial charge in [-0.15, -0.1) is 10.2 Å². The summed E-state index contributed by atoms with van der Waals surface area (Å²) in [6, 6.07) is 12.6. The molecule has 136 valence electrons. The van der Waals surface area contributed by atoms with Crippen molar-refractivity contribution in [3.8, 4) is 17.5 Å². The van der Waals surface area contributed by atoms with Crippen molar-refractivity contribution < 1.29 is 9.21 Å². The van der Waals surface area contributed by atoms with Crippen LogP contribution in [0.1, 0.15) is 16.7 Å². The molecule has 1 amide bonds. The molecule has 0 bridgehead atoms. The lowest BCUT2D eigenvalue weighted by Gasteiger charge is -2.06. The number of amides is 1. The number of nitriles is 1. The molecule has 6 nitrogen and oxygen atoms in total. The van der Waals surface area contributed by atoms with Gasteiger partial charge in [-0.2, -0.15) is 5.26 Å². The van der Waals surface area contributed by atoms with Gasteiger partial charge in [0.15, 0.2) is 0 Å². The van der Waals surface area contributed by atoms with Crippen LogP contribution in [0.2, 0.25) is 5.02 Å². The van der Waals surface area contributed by atoms with Gasteiger partial charge in [0.25, 0.3) is 5.22 Å². The van der Waals surface area contributed by atoms with Crippen molar-refractivity contribution in [1.29, 1.82) is 5.26 Å². The minimum atomic E-state index is -0.301. The molecule has 0 fully saturated rings. The number of rotatable bonds is 5. The van der Waals surface area contributed by atoms with Crippen LogP contribution in [0.5, 0.6) is 0 Å². The molecule has 1 N–H and O–H groups in total. The van der Waals surface area contributed by atoms with Crippen molar-refractivity contribution in [3.63, 3.8) is 0 Å². The first-order chi connectivity index (χ1) is 13.0. The Hall–Kier alpha value is -2.82. The van der Waals surface area contributed by atoms with Crippen LogP contribution in [0.3, 0.4) is 0 Å². The lowest BCUT2D eigenvalue weighted by Crippen LogP contribution is -2.15. The van der Waals surface area contributed by atoms with Crippen molar-refractivity contribution in [3.05, 3.63) is 58.1 Å². The Morgan fingerprint density at radius 2 is 2.04 bits per heavy atom. The maximum atomic E-state index is 12.1. The molecule has 3 aromatic rings. The lowest BCUT2D eigenvalue weighted by atomic mass is 10.1. The number of benzene rings is 2. The van der Waals surface area contributed by atoms with Crippen LogP contribution in [0.15, 0.2) is 46.0 Å². The second-order valence-electron chi connectivity index (χ2n) is 5.81. The Labute approximate surface area is 165 Å². The molecule has 0 aliphatic carbocycles. The minimum Gasteiger partial charge on any atom is -0.411 e. The second-order valence-corrected chi connectivity index (χ2v) is 7.17. The average molecular weight is 399 g/mol. The first-order valence-corrected chi connectivity index (χ1v) is 9.36. The monoisotopic (exact) mass is 398 g/mol. The van der Waals surface area contributed by atoms with E-state index in [-0.39, 0.29) is 11.7 Å². The molecule has 8 heteroatoms. The molecule has 3 rings (SSSR count). The number of anilines is 1. The smallest absolute Gasteiger partial charge is 0.277 e. The Balaban J connectivity index is 1.63. The third kappa shape index (κ3) is 4.67. The van der Waals surface area contributed by atoms with Gasteiger partial charge in [-0.05, 0) is 55.3 Å². The summed E-state index contributed by atoms with van der Waals surface area (Å²) >= 11 is 7.03. The Morgan fingerprint density at radius 1 is 1.22 bits per heavy atom. The fraction of sp³-hybridized carbons (Fsp3) is 0.158. The fourth-order valence-corrected chi connectivity index (χ4v) is 3.03. The van der Waals surface area contributed by atoms with Gasteiger partial charge < -0.3 is 9.73 Å². The van der Waals surface area contributed by atoms with E-state index in [2.05, 4.69) is 15.5 Å². The summed E-state index contributed by atoms with van der Waals surface area (Å²) in [5.74, 6) is 0.165. The van der Waals surface area contributed by atoms with Crippen molar-refractivity contribution in [2.24, 2.45) is 0 Å². The number of nitrogens with zero attached hydrogens (tertiary/aromatic N) is 3. The summed E-state index contributed by atoms with van der Waals surface area (Å²) in [4.78, 5) is 12.1. The van der Waals surface area contributed by atoms with Gasteiger partial charge in [-0.25, -0.2) is 0 Å². The number of hydrogen-bond acceptors (Lipinski definition) is 6. The zero-order valence-electron chi connectivity index (χ0n) is 14.6. The Bertz CT molecular complexity index is 1040. The van der Waals surface area contributed by atoms with Gasteiger partial charge >= 0.3 is 0 Å². The number of aryl methyl sites for hydroxylation is 2. The quantitative estimate of drug-likeness (QED) is 0.631. The maximum absolute atomic E-state index is 12.1. The molecule has 0 saturated carbocycles. The zero-order valence-corrected chi connectivity index (χ0v) is 16.2. The standard InChI is InChI=1S/C19H15ClN4O2S/c1-11-3-4-13(7-12(11)2)18-23-24-19(26-18)27-10-17(25)22-16-8-15(20)6-5-14(16)9-21/h3-8H,10H2,1-2H3,(H,22,25). The number of hydrogen-bond donors (Lipinski definition) is 1. The van der Waals surface area contributed by atoms with Crippen LogP contribution in [0.25, 0.3) is 11.5 Å². The van der Waals surface area contributed by atoms with E-state index < -0.39 is 0 Å². The first kappa shape index (κ1) is 19.0. The van der Waals surface area contributed by atoms with E-state index in [1.165, 1.54) is 11.6 Å². The predicted molar refractivity (Wildman–Crippen MR) is 105 cm³/mol. The summed E-state index contributed by atoms with van der Waals surface area (Å²) in [6.07, 6.45) is 0. The number of halogens is 1. The topological polar surface area (TPSA) is 91.8 Å². The highest BCUT2D eigenvalue weighted by Gasteiger charge is 2.13. The van der Waals surface area contributed by atoms with Crippen molar-refractivity contribution in [2.45, 2.75) is 19.1 Å². The molecule has 27 heavy (non-hydrogen) atoms. The molecule has 0 aliphatic rings. The Kier molecular flexibility index (Phi) is 5.79. The normalized spacial score (nSPS) is 10.4. The number of aromatic nitrogens is 2. The fourth-order valence-electron chi connectivity index (χ4n) is 2.29. The SMILES string of the molecule is Cc1ccc(-c2nnc(SCC(=O)Nc3cc(Cl)ccc3C#N)o2)cc1C. The van der Waals surface area contributed by atoms with Crippen LogP contribution in [-0.2, 0) is 4.79 Å². The van der Waals surface area contributed by atoms with Gasteiger partial charge in [0.2, 0.25) is 11.8 Å². The van der Waals surface area contributed by atoms with E-state index in [0.29, 0.717) is 27.4 Å². The molecular formula is C19H15ClN4O2S. The zero-order chi connectivity index (χ0) is 19.4. The van der Waals surface area contributed by atoms with Crippen LogP contribution in [0, 0.1) is 25.2 Å². The molecule has 0 unspecified atom stereocenters. The van der Waals surface area contributed by atoms with E-state index in [0.717, 1.165) is 22.9 Å². The number of carbonyl (C=O) groups excluding carboxylic acids is 1. The van der Waals surface area contributed by atoms with Crippen LogP contribution < -0.4 is 5.32 Å². The van der Waals surface area contributed by atoms with Crippen LogP contribution in [0.4, 0.5) is 5.69 Å². The third-order valence-electron chi connectivity index (χ3n) is 3.86. The molecule has 2 aromatic carbocycles. The summed E-state index contributed by atoms with van der Waals surface area (Å²) in [6.45, 7) is 4.05. The highest BCUT2D eigenvalue weighted by Crippen LogP contribution is 2.25. The number of thioether (sulfide) groups is 1. The largest absolute Gasteiger partial charge is 0.411 e. The highest BCUT2D eigenvalue weighted by atomic mass is 35.5. The molecule has 0 atom stereocenters. The van der Waals surface area contributed by atoms with Crippen molar-refractivity contribution in [1.82, 2.24) is 10.2 Å². The first-order valence-electron chi connectivity index (χ1n) is 7.99. The molecule has 0 aliphatic heterocycles. The van der Waals surface area contributed by atoms with Crippen LogP contribution in [-0.4, -0.2) is 21.9 Å². The second kappa shape index (κ2) is 8.25. The van der Waals surface area contributed by atoms with Gasteiger partial charge in [-0.3, -0.25) is 4.79 Å². The lowest BCUT2D eigenvalue weighted by molar-refractivity contribution is -0.113. The summed E-state index contributed by atoms with van der Waals surface area (Å²) in [5, 5.41) is 20.5. The Morgan fingerprint density at radius 3 is 2.78 bits per heavy atom. The molecule has 0 radical (unpaired) electrons. The van der Waals surface area contributed by atoms with Gasteiger partial charge in [0.05, 0.1) is 17.0 Å². The summed E-state index contributed by atoms with van der Waals surface area (Å²) in [7, 11) is 0. The van der Waals surface area contributed by atoms with E-state index in [9.17, 15) is 4.79 Å². The molecular weight excluding hydrogens is 384 g/mol. The minimum absolute atomic E-state index is 0.0614. The summed E-state index contributed by atoms with van der Waals surface area (Å²) in [5.41, 5.74) is 3.86. The molecule has 1 aromatic heterocycles. The van der Waals surface area contributed by atoms with Gasteiger partial charge in [-0.1, -0.05) is 29.4 Å². The summed E-state index contributed by atoms with van der Waals surface area (Å²) < 4.78 is 5.62. The molecule has 0 spiro atoms. The van der Waals surface area contributed by atoms with Gasteiger partial charge in [0.1, 0.15) is 6.07 Å². The maximum Gasteiger partial charge on any atom is 0.277 e. The van der Waals surface area contributed by atoms with E-state index in [1.54, 1.807) is 12.1 Å². The van der Waals surface area contributed by atoms with E-state index in [4.69, 9.17) is 21.3 Å². The third-order valence-corrected chi connectivity index (χ3v) is 4.92. The van der Waals surface area contributed by atoms with Crippen LogP contribution >= 0.6 is 23.4 Å². The average Bonchev–Trinajstić information content (AvgIpc) is 3.11. The van der Waals surface area contributed by atoms with Crippen molar-refractivity contribution >= 4 is 35.0 Å². The van der Waals surface area contributed by atoms with Crippen molar-refractivity contribution in [2.75, 3.05) is 11.1 Å². The van der Waals surface area contributed by atoms with Gasteiger partial charge in [0, 0.05) is 10.6 Å². The molecule has 1 heterocycles.